The van der Waals surface area contributed by atoms with Gasteiger partial charge in [0.2, 0.25) is 0 Å². The topological polar surface area (TPSA) is 38.5 Å². The molecule has 1 rings (SSSR count). The van der Waals surface area contributed by atoms with E-state index in [2.05, 4.69) is 50.8 Å². The van der Waals surface area contributed by atoms with Gasteiger partial charge in [-0.3, -0.25) is 4.90 Å². The Hall–Kier alpha value is -0.900. The molecule has 21 heavy (non-hydrogen) atoms. The summed E-state index contributed by atoms with van der Waals surface area (Å²) < 4.78 is 5.32. The van der Waals surface area contributed by atoms with Crippen LogP contribution in [0.3, 0.4) is 0 Å². The summed E-state index contributed by atoms with van der Waals surface area (Å²) in [6, 6.07) is 7.32. The van der Waals surface area contributed by atoms with E-state index in [-0.39, 0.29) is 6.04 Å². The van der Waals surface area contributed by atoms with Crippen molar-refractivity contribution in [2.45, 2.75) is 52.6 Å². The van der Waals surface area contributed by atoms with Gasteiger partial charge in [-0.25, -0.2) is 0 Å². The van der Waals surface area contributed by atoms with E-state index in [1.54, 1.807) is 7.11 Å². The third kappa shape index (κ3) is 4.53. The van der Waals surface area contributed by atoms with Crippen LogP contribution in [-0.2, 0) is 4.74 Å². The first-order valence-corrected chi connectivity index (χ1v) is 8.11. The van der Waals surface area contributed by atoms with Crippen LogP contribution in [0.5, 0.6) is 0 Å². The molecule has 2 N–H and O–H groups in total. The van der Waals surface area contributed by atoms with Crippen LogP contribution in [0.1, 0.15) is 49.4 Å². The molecule has 0 aliphatic rings. The van der Waals surface area contributed by atoms with Gasteiger partial charge in [0.05, 0.1) is 6.61 Å². The van der Waals surface area contributed by atoms with Gasteiger partial charge in [-0.2, -0.15) is 0 Å². The van der Waals surface area contributed by atoms with Gasteiger partial charge in [0.25, 0.3) is 0 Å². The molecule has 0 aliphatic heterocycles. The van der Waals surface area contributed by atoms with Crippen molar-refractivity contribution in [1.82, 2.24) is 4.90 Å². The molecule has 0 fully saturated rings. The summed E-state index contributed by atoms with van der Waals surface area (Å²) in [5.41, 5.74) is 10.2. The van der Waals surface area contributed by atoms with Gasteiger partial charge in [-0.15, -0.1) is 0 Å². The Labute approximate surface area is 130 Å². The summed E-state index contributed by atoms with van der Waals surface area (Å²) in [6.07, 6.45) is 2.28. The first-order chi connectivity index (χ1) is 10.1. The summed E-state index contributed by atoms with van der Waals surface area (Å²) in [5.74, 6) is 0. The Morgan fingerprint density at radius 1 is 1.14 bits per heavy atom. The lowest BCUT2D eigenvalue weighted by molar-refractivity contribution is 0.0812. The van der Waals surface area contributed by atoms with Crippen molar-refractivity contribution in [1.29, 1.82) is 0 Å². The maximum atomic E-state index is 6.18. The number of benzene rings is 1. The van der Waals surface area contributed by atoms with Gasteiger partial charge < -0.3 is 10.5 Å². The van der Waals surface area contributed by atoms with Crippen molar-refractivity contribution < 1.29 is 4.74 Å². The quantitative estimate of drug-likeness (QED) is 0.757. The lowest BCUT2D eigenvalue weighted by atomic mass is 9.93. The van der Waals surface area contributed by atoms with Crippen molar-refractivity contribution in [2.75, 3.05) is 26.8 Å². The highest BCUT2D eigenvalue weighted by Gasteiger charge is 2.26. The zero-order valence-electron chi connectivity index (χ0n) is 14.4. The van der Waals surface area contributed by atoms with Gasteiger partial charge in [0.15, 0.2) is 0 Å². The molecule has 3 heteroatoms. The highest BCUT2D eigenvalue weighted by molar-refractivity contribution is 5.36. The molecule has 1 unspecified atom stereocenters. The molecule has 0 aromatic heterocycles. The largest absolute Gasteiger partial charge is 0.383 e. The van der Waals surface area contributed by atoms with Gasteiger partial charge >= 0.3 is 0 Å². The second-order valence-corrected chi connectivity index (χ2v) is 5.76. The first-order valence-electron chi connectivity index (χ1n) is 8.11. The predicted octanol–water partition coefficient (Wildman–Crippen LogP) is 3.44. The van der Waals surface area contributed by atoms with Crippen LogP contribution in [0.25, 0.3) is 0 Å². The van der Waals surface area contributed by atoms with Crippen molar-refractivity contribution >= 4 is 0 Å². The zero-order valence-corrected chi connectivity index (χ0v) is 14.4. The summed E-state index contributed by atoms with van der Waals surface area (Å²) in [7, 11) is 1.77. The Bertz CT molecular complexity index is 395. The van der Waals surface area contributed by atoms with Crippen molar-refractivity contribution in [3.63, 3.8) is 0 Å². The smallest absolute Gasteiger partial charge is 0.0590 e. The van der Waals surface area contributed by atoms with Crippen LogP contribution < -0.4 is 5.73 Å². The molecular formula is C18H32N2O. The molecule has 0 spiro atoms. The molecule has 0 bridgehead atoms. The molecular weight excluding hydrogens is 260 g/mol. The first kappa shape index (κ1) is 18.1. The van der Waals surface area contributed by atoms with Crippen LogP contribution in [0.4, 0.5) is 0 Å². The molecule has 3 nitrogen and oxygen atoms in total. The maximum Gasteiger partial charge on any atom is 0.0590 e. The Kier molecular flexibility index (Phi) is 7.94. The highest BCUT2D eigenvalue weighted by atomic mass is 16.5. The number of nitrogens with zero attached hydrogens (tertiary/aromatic N) is 1. The number of methoxy groups -OCH3 is 1. The molecule has 1 aromatic carbocycles. The van der Waals surface area contributed by atoms with E-state index in [0.29, 0.717) is 12.6 Å². The van der Waals surface area contributed by atoms with Crippen LogP contribution in [-0.4, -0.2) is 37.7 Å². The normalized spacial score (nSPS) is 13.1. The van der Waals surface area contributed by atoms with E-state index in [9.17, 15) is 0 Å². The van der Waals surface area contributed by atoms with Crippen LogP contribution in [0.2, 0.25) is 0 Å². The van der Waals surface area contributed by atoms with E-state index in [4.69, 9.17) is 10.5 Å². The van der Waals surface area contributed by atoms with E-state index >= 15 is 0 Å². The number of hydrogen-bond acceptors (Lipinski definition) is 3. The summed E-state index contributed by atoms with van der Waals surface area (Å²) in [5, 5.41) is 0. The minimum atomic E-state index is 0.270. The van der Waals surface area contributed by atoms with Gasteiger partial charge in [-0.05, 0) is 43.4 Å². The lowest BCUT2D eigenvalue weighted by Gasteiger charge is -2.38. The number of nitrogens with two attached hydrogens (primary N) is 1. The van der Waals surface area contributed by atoms with Gasteiger partial charge in [-0.1, -0.05) is 32.0 Å². The van der Waals surface area contributed by atoms with Crippen molar-refractivity contribution in [3.8, 4) is 0 Å². The summed E-state index contributed by atoms with van der Waals surface area (Å²) in [6.45, 7) is 11.2. The highest BCUT2D eigenvalue weighted by Crippen LogP contribution is 2.29. The van der Waals surface area contributed by atoms with E-state index in [1.807, 2.05) is 0 Å². The van der Waals surface area contributed by atoms with Crippen LogP contribution in [0.15, 0.2) is 18.2 Å². The zero-order chi connectivity index (χ0) is 15.8. The van der Waals surface area contributed by atoms with Gasteiger partial charge in [0.1, 0.15) is 0 Å². The van der Waals surface area contributed by atoms with Crippen molar-refractivity contribution in [3.05, 3.63) is 34.9 Å². The fourth-order valence-electron chi connectivity index (χ4n) is 3.32. The maximum absolute atomic E-state index is 6.18. The average Bonchev–Trinajstić information content (AvgIpc) is 2.48. The van der Waals surface area contributed by atoms with Crippen LogP contribution in [0, 0.1) is 13.8 Å². The standard InChI is InChI=1S/C18H32N2O/c1-6-16(7-2)20(11-12-21-5)17(13-19)18-14(3)9-8-10-15(18)4/h8-10,16-17H,6-7,11-13,19H2,1-5H3. The SMILES string of the molecule is CCC(CC)N(CCOC)C(CN)c1c(C)cccc1C. The fraction of sp³-hybridized carbons (Fsp3) is 0.667. The molecule has 0 saturated carbocycles. The van der Waals surface area contributed by atoms with E-state index in [1.165, 1.54) is 16.7 Å². The number of ether oxygens (including phenoxy) is 1. The molecule has 0 saturated heterocycles. The lowest BCUT2D eigenvalue weighted by Crippen LogP contribution is -2.43. The van der Waals surface area contributed by atoms with E-state index in [0.717, 1.165) is 26.0 Å². The Balaban J connectivity index is 3.16. The molecule has 0 aliphatic carbocycles. The third-order valence-electron chi connectivity index (χ3n) is 4.46. The Morgan fingerprint density at radius 2 is 1.71 bits per heavy atom. The minimum absolute atomic E-state index is 0.270. The summed E-state index contributed by atoms with van der Waals surface area (Å²) in [4.78, 5) is 2.54. The number of aryl methyl sites for hydroxylation is 2. The minimum Gasteiger partial charge on any atom is -0.383 e. The Morgan fingerprint density at radius 3 is 2.14 bits per heavy atom. The number of rotatable bonds is 9. The van der Waals surface area contributed by atoms with E-state index < -0.39 is 0 Å². The molecule has 0 heterocycles. The van der Waals surface area contributed by atoms with Gasteiger partial charge in [0, 0.05) is 32.3 Å². The second kappa shape index (κ2) is 9.19. The van der Waals surface area contributed by atoms with Crippen LogP contribution >= 0.6 is 0 Å². The third-order valence-corrected chi connectivity index (χ3v) is 4.46. The molecule has 0 amide bonds. The second-order valence-electron chi connectivity index (χ2n) is 5.76. The molecule has 1 atom stereocenters. The average molecular weight is 292 g/mol. The predicted molar refractivity (Wildman–Crippen MR) is 90.7 cm³/mol. The summed E-state index contributed by atoms with van der Waals surface area (Å²) >= 11 is 0. The molecule has 0 radical (unpaired) electrons. The monoisotopic (exact) mass is 292 g/mol. The molecule has 1 aromatic rings. The molecule has 120 valence electrons. The number of hydrogen-bond donors (Lipinski definition) is 1. The van der Waals surface area contributed by atoms with Crippen molar-refractivity contribution in [2.24, 2.45) is 5.73 Å². The fourth-order valence-corrected chi connectivity index (χ4v) is 3.32.